The Kier molecular flexibility index (Phi) is 2.34. The quantitative estimate of drug-likeness (QED) is 0.673. The number of hydrogen-bond acceptors (Lipinski definition) is 3. The molecule has 0 atom stereocenters. The van der Waals surface area contributed by atoms with E-state index in [4.69, 9.17) is 0 Å². The molecule has 0 unspecified atom stereocenters. The van der Waals surface area contributed by atoms with Crippen molar-refractivity contribution in [3.63, 3.8) is 0 Å². The topological polar surface area (TPSA) is 62.5 Å². The summed E-state index contributed by atoms with van der Waals surface area (Å²) in [5.74, 6) is 0.297. The van der Waals surface area contributed by atoms with Crippen molar-refractivity contribution in [2.75, 3.05) is 0 Å². The number of phenols is 2. The van der Waals surface area contributed by atoms with Crippen LogP contribution in [-0.2, 0) is 0 Å². The van der Waals surface area contributed by atoms with E-state index in [1.165, 1.54) is 6.07 Å². The van der Waals surface area contributed by atoms with Crippen LogP contribution < -0.4 is 5.56 Å². The lowest BCUT2D eigenvalue weighted by Gasteiger charge is -2.14. The summed E-state index contributed by atoms with van der Waals surface area (Å²) in [4.78, 5) is 12.7. The van der Waals surface area contributed by atoms with E-state index in [1.54, 1.807) is 22.8 Å². The molecule has 2 N–H and O–H groups in total. The van der Waals surface area contributed by atoms with Gasteiger partial charge in [0.25, 0.3) is 5.56 Å². The molecule has 4 rings (SSSR count). The minimum atomic E-state index is -0.0980. The number of aromatic nitrogens is 1. The second-order valence-corrected chi connectivity index (χ2v) is 5.79. The zero-order valence-corrected chi connectivity index (χ0v) is 11.6. The van der Waals surface area contributed by atoms with Crippen molar-refractivity contribution in [3.8, 4) is 11.5 Å². The van der Waals surface area contributed by atoms with Crippen molar-refractivity contribution < 1.29 is 10.2 Å². The van der Waals surface area contributed by atoms with Crippen molar-refractivity contribution in [1.29, 1.82) is 0 Å². The predicted molar refractivity (Wildman–Crippen MR) is 82.1 cm³/mol. The van der Waals surface area contributed by atoms with Crippen LogP contribution in [0.25, 0.3) is 21.7 Å². The second-order valence-electron chi connectivity index (χ2n) is 5.79. The molecule has 106 valence electrons. The van der Waals surface area contributed by atoms with E-state index >= 15 is 0 Å². The first kappa shape index (κ1) is 12.3. The summed E-state index contributed by atoms with van der Waals surface area (Å²) < 4.78 is 1.76. The average molecular weight is 281 g/mol. The number of aromatic hydroxyl groups is 2. The molecule has 1 aliphatic carbocycles. The van der Waals surface area contributed by atoms with Gasteiger partial charge >= 0.3 is 0 Å². The fourth-order valence-electron chi connectivity index (χ4n) is 2.98. The lowest BCUT2D eigenvalue weighted by Crippen LogP contribution is -2.19. The summed E-state index contributed by atoms with van der Waals surface area (Å²) in [6.45, 7) is 1.84. The predicted octanol–water partition coefficient (Wildman–Crippen LogP) is 3.21. The van der Waals surface area contributed by atoms with E-state index < -0.39 is 0 Å². The molecule has 0 saturated heterocycles. The molecule has 1 aromatic heterocycles. The Labute approximate surface area is 120 Å². The van der Waals surface area contributed by atoms with Crippen molar-refractivity contribution >= 4 is 21.7 Å². The highest BCUT2D eigenvalue weighted by molar-refractivity contribution is 6.06. The van der Waals surface area contributed by atoms with E-state index in [2.05, 4.69) is 0 Å². The van der Waals surface area contributed by atoms with Gasteiger partial charge in [-0.15, -0.1) is 0 Å². The van der Waals surface area contributed by atoms with Crippen LogP contribution in [0.1, 0.15) is 24.4 Å². The number of fused-ring (bicyclic) bond motifs is 3. The number of rotatable bonds is 1. The maximum absolute atomic E-state index is 12.7. The van der Waals surface area contributed by atoms with Gasteiger partial charge in [0, 0.05) is 17.5 Å². The Morgan fingerprint density at radius 1 is 1.05 bits per heavy atom. The third kappa shape index (κ3) is 1.72. The molecule has 0 radical (unpaired) electrons. The number of hydrogen-bond donors (Lipinski definition) is 2. The van der Waals surface area contributed by atoms with Gasteiger partial charge in [-0.1, -0.05) is 0 Å². The molecule has 0 bridgehead atoms. The van der Waals surface area contributed by atoms with Gasteiger partial charge in [0.05, 0.1) is 10.9 Å². The summed E-state index contributed by atoms with van der Waals surface area (Å²) in [6, 6.07) is 8.67. The third-order valence-corrected chi connectivity index (χ3v) is 4.23. The number of aryl methyl sites for hydroxylation is 1. The number of pyridine rings is 1. The van der Waals surface area contributed by atoms with Crippen LogP contribution in [-0.4, -0.2) is 14.8 Å². The Bertz CT molecular complexity index is 952. The zero-order chi connectivity index (χ0) is 14.7. The van der Waals surface area contributed by atoms with Crippen LogP contribution in [0.2, 0.25) is 0 Å². The molecule has 3 aromatic rings. The Balaban J connectivity index is 2.29. The summed E-state index contributed by atoms with van der Waals surface area (Å²) in [5, 5.41) is 22.0. The van der Waals surface area contributed by atoms with Gasteiger partial charge in [-0.3, -0.25) is 4.79 Å². The SMILES string of the molecule is Cc1cc2c3ccc(O)cc3c(=O)n(C3CC3)c2cc1O. The number of benzene rings is 2. The monoisotopic (exact) mass is 281 g/mol. The van der Waals surface area contributed by atoms with Crippen LogP contribution in [0.3, 0.4) is 0 Å². The van der Waals surface area contributed by atoms with E-state index in [0.29, 0.717) is 5.39 Å². The van der Waals surface area contributed by atoms with Gasteiger partial charge in [-0.05, 0) is 55.0 Å². The Morgan fingerprint density at radius 2 is 1.81 bits per heavy atom. The first-order valence-corrected chi connectivity index (χ1v) is 7.07. The van der Waals surface area contributed by atoms with Crippen molar-refractivity contribution in [2.45, 2.75) is 25.8 Å². The number of nitrogens with zero attached hydrogens (tertiary/aromatic N) is 1. The Hall–Kier alpha value is -2.49. The lowest BCUT2D eigenvalue weighted by atomic mass is 10.0. The first-order chi connectivity index (χ1) is 10.1. The van der Waals surface area contributed by atoms with Crippen LogP contribution in [0, 0.1) is 6.92 Å². The van der Waals surface area contributed by atoms with Gasteiger partial charge in [-0.2, -0.15) is 0 Å². The van der Waals surface area contributed by atoms with Gasteiger partial charge in [0.1, 0.15) is 11.5 Å². The normalized spacial score (nSPS) is 14.9. The fourth-order valence-corrected chi connectivity index (χ4v) is 2.98. The van der Waals surface area contributed by atoms with Crippen molar-refractivity contribution in [3.05, 3.63) is 46.2 Å². The van der Waals surface area contributed by atoms with Gasteiger partial charge in [0.2, 0.25) is 0 Å². The van der Waals surface area contributed by atoms with Crippen LogP contribution in [0.15, 0.2) is 35.1 Å². The largest absolute Gasteiger partial charge is 0.508 e. The van der Waals surface area contributed by atoms with Crippen LogP contribution in [0.4, 0.5) is 0 Å². The lowest BCUT2D eigenvalue weighted by molar-refractivity contribution is 0.471. The van der Waals surface area contributed by atoms with Crippen LogP contribution >= 0.6 is 0 Å². The van der Waals surface area contributed by atoms with E-state index in [0.717, 1.165) is 34.7 Å². The molecular weight excluding hydrogens is 266 g/mol. The van der Waals surface area contributed by atoms with Crippen molar-refractivity contribution in [1.82, 2.24) is 4.57 Å². The van der Waals surface area contributed by atoms with E-state index in [1.807, 2.05) is 13.0 Å². The molecule has 0 amide bonds. The molecule has 1 fully saturated rings. The summed E-state index contributed by atoms with van der Waals surface area (Å²) in [5.41, 5.74) is 1.45. The molecule has 4 nitrogen and oxygen atoms in total. The molecule has 1 saturated carbocycles. The summed E-state index contributed by atoms with van der Waals surface area (Å²) in [7, 11) is 0. The summed E-state index contributed by atoms with van der Waals surface area (Å²) in [6.07, 6.45) is 1.96. The molecular formula is C17H15NO3. The Morgan fingerprint density at radius 3 is 2.52 bits per heavy atom. The van der Waals surface area contributed by atoms with E-state index in [-0.39, 0.29) is 23.1 Å². The average Bonchev–Trinajstić information content (AvgIpc) is 3.26. The molecule has 1 aliphatic rings. The maximum Gasteiger partial charge on any atom is 0.259 e. The highest BCUT2D eigenvalue weighted by atomic mass is 16.3. The number of phenolic OH excluding ortho intramolecular Hbond substituents is 2. The molecule has 0 spiro atoms. The minimum absolute atomic E-state index is 0.0943. The smallest absolute Gasteiger partial charge is 0.259 e. The third-order valence-electron chi connectivity index (χ3n) is 4.23. The molecule has 2 aromatic carbocycles. The first-order valence-electron chi connectivity index (χ1n) is 7.07. The molecule has 0 aliphatic heterocycles. The fraction of sp³-hybridized carbons (Fsp3) is 0.235. The second kappa shape index (κ2) is 4.01. The minimum Gasteiger partial charge on any atom is -0.508 e. The van der Waals surface area contributed by atoms with Gasteiger partial charge in [0.15, 0.2) is 0 Å². The zero-order valence-electron chi connectivity index (χ0n) is 11.6. The maximum atomic E-state index is 12.7. The van der Waals surface area contributed by atoms with Gasteiger partial charge < -0.3 is 14.8 Å². The summed E-state index contributed by atoms with van der Waals surface area (Å²) >= 11 is 0. The van der Waals surface area contributed by atoms with Gasteiger partial charge in [-0.25, -0.2) is 0 Å². The highest BCUT2D eigenvalue weighted by Gasteiger charge is 2.27. The highest BCUT2D eigenvalue weighted by Crippen LogP contribution is 2.39. The standard InChI is InChI=1S/C17H15NO3/c1-9-6-13-12-5-4-11(19)7-14(12)17(21)18(10-2-3-10)15(13)8-16(9)20/h4-8,10,19-20H,2-3H2,1H3. The molecule has 1 heterocycles. The molecule has 4 heteroatoms. The molecule has 21 heavy (non-hydrogen) atoms. The van der Waals surface area contributed by atoms with E-state index in [9.17, 15) is 15.0 Å². The van der Waals surface area contributed by atoms with Crippen LogP contribution in [0.5, 0.6) is 11.5 Å². The van der Waals surface area contributed by atoms with Crippen molar-refractivity contribution in [2.24, 2.45) is 0 Å².